The highest BCUT2D eigenvalue weighted by atomic mass is 16.6. The van der Waals surface area contributed by atoms with E-state index in [0.29, 0.717) is 6.29 Å². The molecule has 0 heterocycles. The Morgan fingerprint density at radius 2 is 1.72 bits per heavy atom. The second-order valence-electron chi connectivity index (χ2n) is 4.84. The van der Waals surface area contributed by atoms with Gasteiger partial charge in [-0.25, -0.2) is 4.79 Å². The average Bonchev–Trinajstić information content (AvgIpc) is 2.13. The SMILES string of the molecule is CC(=O)O/C(C)=C(/CCC=O)C(=O)OC(C)(C)C. The van der Waals surface area contributed by atoms with Crippen LogP contribution in [0.1, 0.15) is 47.5 Å². The summed E-state index contributed by atoms with van der Waals surface area (Å²) in [5.74, 6) is -0.902. The van der Waals surface area contributed by atoms with E-state index in [1.807, 2.05) is 0 Å². The summed E-state index contributed by atoms with van der Waals surface area (Å²) in [6.07, 6.45) is 1.07. The van der Waals surface area contributed by atoms with Gasteiger partial charge < -0.3 is 14.3 Å². The minimum Gasteiger partial charge on any atom is -0.457 e. The lowest BCUT2D eigenvalue weighted by Crippen LogP contribution is -2.25. The first kappa shape index (κ1) is 16.4. The largest absolute Gasteiger partial charge is 0.457 e. The lowest BCUT2D eigenvalue weighted by molar-refractivity contribution is -0.150. The Morgan fingerprint density at radius 1 is 1.17 bits per heavy atom. The van der Waals surface area contributed by atoms with Crippen molar-refractivity contribution in [2.75, 3.05) is 0 Å². The molecule has 0 rings (SSSR count). The van der Waals surface area contributed by atoms with Crippen LogP contribution in [0.2, 0.25) is 0 Å². The highest BCUT2D eigenvalue weighted by Gasteiger charge is 2.22. The van der Waals surface area contributed by atoms with Gasteiger partial charge in [-0.05, 0) is 34.1 Å². The van der Waals surface area contributed by atoms with Gasteiger partial charge in [-0.3, -0.25) is 4.79 Å². The highest BCUT2D eigenvalue weighted by molar-refractivity contribution is 5.90. The van der Waals surface area contributed by atoms with Crippen molar-refractivity contribution in [3.8, 4) is 0 Å². The van der Waals surface area contributed by atoms with E-state index in [0.717, 1.165) is 0 Å². The number of carbonyl (C=O) groups excluding carboxylic acids is 3. The fraction of sp³-hybridized carbons (Fsp3) is 0.615. The summed E-state index contributed by atoms with van der Waals surface area (Å²) in [5.41, 5.74) is -0.424. The summed E-state index contributed by atoms with van der Waals surface area (Å²) in [6, 6.07) is 0. The number of rotatable bonds is 5. The first-order valence-electron chi connectivity index (χ1n) is 5.72. The van der Waals surface area contributed by atoms with Crippen LogP contribution >= 0.6 is 0 Å². The molecule has 0 radical (unpaired) electrons. The first-order chi connectivity index (χ1) is 8.17. The molecule has 0 aliphatic rings. The minimum atomic E-state index is -0.639. The molecule has 0 atom stereocenters. The lowest BCUT2D eigenvalue weighted by atomic mass is 10.1. The van der Waals surface area contributed by atoms with Crippen LogP contribution in [0, 0.1) is 0 Å². The van der Waals surface area contributed by atoms with Crippen LogP contribution in [0.15, 0.2) is 11.3 Å². The smallest absolute Gasteiger partial charge is 0.337 e. The van der Waals surface area contributed by atoms with Gasteiger partial charge in [0.25, 0.3) is 0 Å². The summed E-state index contributed by atoms with van der Waals surface area (Å²) in [4.78, 5) is 33.1. The van der Waals surface area contributed by atoms with Crippen molar-refractivity contribution in [2.45, 2.75) is 53.1 Å². The van der Waals surface area contributed by atoms with Crippen molar-refractivity contribution in [3.05, 3.63) is 11.3 Å². The monoisotopic (exact) mass is 256 g/mol. The van der Waals surface area contributed by atoms with E-state index in [1.54, 1.807) is 20.8 Å². The van der Waals surface area contributed by atoms with Crippen LogP contribution in [0.4, 0.5) is 0 Å². The summed E-state index contributed by atoms with van der Waals surface area (Å²) in [7, 11) is 0. The molecule has 0 aromatic carbocycles. The molecule has 102 valence electrons. The lowest BCUT2D eigenvalue weighted by Gasteiger charge is -2.21. The molecule has 0 amide bonds. The van der Waals surface area contributed by atoms with E-state index >= 15 is 0 Å². The van der Waals surface area contributed by atoms with Gasteiger partial charge in [0.1, 0.15) is 17.6 Å². The minimum absolute atomic E-state index is 0.174. The van der Waals surface area contributed by atoms with E-state index in [4.69, 9.17) is 9.47 Å². The molecule has 0 aliphatic carbocycles. The quantitative estimate of drug-likeness (QED) is 0.326. The second kappa shape index (κ2) is 6.93. The van der Waals surface area contributed by atoms with Crippen LogP contribution in [-0.4, -0.2) is 23.8 Å². The maximum atomic E-state index is 11.9. The Bertz CT molecular complexity index is 360. The molecule has 0 saturated carbocycles. The van der Waals surface area contributed by atoms with Crippen molar-refractivity contribution < 1.29 is 23.9 Å². The maximum Gasteiger partial charge on any atom is 0.337 e. The molecule has 0 spiro atoms. The highest BCUT2D eigenvalue weighted by Crippen LogP contribution is 2.18. The summed E-state index contributed by atoms with van der Waals surface area (Å²) in [5, 5.41) is 0. The van der Waals surface area contributed by atoms with E-state index in [-0.39, 0.29) is 24.2 Å². The number of hydrogen-bond donors (Lipinski definition) is 0. The summed E-state index contributed by atoms with van der Waals surface area (Å²) >= 11 is 0. The normalized spacial score (nSPS) is 12.5. The van der Waals surface area contributed by atoms with E-state index in [2.05, 4.69) is 0 Å². The number of hydrogen-bond acceptors (Lipinski definition) is 5. The Balaban J connectivity index is 5.03. The van der Waals surface area contributed by atoms with Gasteiger partial charge in [0, 0.05) is 13.3 Å². The zero-order valence-corrected chi connectivity index (χ0v) is 11.5. The Morgan fingerprint density at radius 3 is 2.11 bits per heavy atom. The van der Waals surface area contributed by atoms with Gasteiger partial charge in [-0.2, -0.15) is 0 Å². The molecule has 0 saturated heterocycles. The molecule has 18 heavy (non-hydrogen) atoms. The number of ether oxygens (including phenoxy) is 2. The number of allylic oxidation sites excluding steroid dienone is 1. The van der Waals surface area contributed by atoms with Crippen molar-refractivity contribution in [1.82, 2.24) is 0 Å². The molecular formula is C13H20O5. The predicted octanol–water partition coefficient (Wildman–Crippen LogP) is 2.14. The summed E-state index contributed by atoms with van der Waals surface area (Å²) < 4.78 is 10.1. The Kier molecular flexibility index (Phi) is 6.30. The van der Waals surface area contributed by atoms with Gasteiger partial charge in [0.2, 0.25) is 0 Å². The molecule has 0 aliphatic heterocycles. The zero-order chi connectivity index (χ0) is 14.3. The van der Waals surface area contributed by atoms with Gasteiger partial charge in [-0.1, -0.05) is 0 Å². The molecule has 5 heteroatoms. The number of aldehydes is 1. The molecule has 0 aromatic rings. The van der Waals surface area contributed by atoms with Crippen molar-refractivity contribution in [3.63, 3.8) is 0 Å². The molecule has 0 fully saturated rings. The Labute approximate surface area is 107 Å². The van der Waals surface area contributed by atoms with Crippen molar-refractivity contribution >= 4 is 18.2 Å². The van der Waals surface area contributed by atoms with Crippen molar-refractivity contribution in [1.29, 1.82) is 0 Å². The third-order valence-electron chi connectivity index (χ3n) is 1.88. The zero-order valence-electron chi connectivity index (χ0n) is 11.5. The maximum absolute atomic E-state index is 11.9. The van der Waals surface area contributed by atoms with Gasteiger partial charge in [-0.15, -0.1) is 0 Å². The second-order valence-corrected chi connectivity index (χ2v) is 4.84. The molecular weight excluding hydrogens is 236 g/mol. The van der Waals surface area contributed by atoms with Gasteiger partial charge in [0.15, 0.2) is 0 Å². The van der Waals surface area contributed by atoms with Crippen molar-refractivity contribution in [2.24, 2.45) is 0 Å². The van der Waals surface area contributed by atoms with E-state index in [9.17, 15) is 14.4 Å². The molecule has 0 aromatic heterocycles. The van der Waals surface area contributed by atoms with Gasteiger partial charge >= 0.3 is 11.9 Å². The first-order valence-corrected chi connectivity index (χ1v) is 5.72. The van der Waals surface area contributed by atoms with Crippen LogP contribution in [0.3, 0.4) is 0 Å². The third kappa shape index (κ3) is 6.83. The average molecular weight is 256 g/mol. The molecule has 0 N–H and O–H groups in total. The van der Waals surface area contributed by atoms with Crippen LogP contribution < -0.4 is 0 Å². The predicted molar refractivity (Wildman–Crippen MR) is 65.6 cm³/mol. The van der Waals surface area contributed by atoms with E-state index < -0.39 is 17.5 Å². The number of esters is 2. The molecule has 0 bridgehead atoms. The fourth-order valence-electron chi connectivity index (χ4n) is 1.24. The van der Waals surface area contributed by atoms with Crippen LogP contribution in [0.5, 0.6) is 0 Å². The fourth-order valence-corrected chi connectivity index (χ4v) is 1.24. The van der Waals surface area contributed by atoms with Crippen LogP contribution in [0.25, 0.3) is 0 Å². The van der Waals surface area contributed by atoms with Gasteiger partial charge in [0.05, 0.1) is 5.57 Å². The Hall–Kier alpha value is -1.65. The third-order valence-corrected chi connectivity index (χ3v) is 1.88. The topological polar surface area (TPSA) is 69.7 Å². The molecule has 0 unspecified atom stereocenters. The standard InChI is InChI=1S/C13H20O5/c1-9(17-10(2)15)11(7-6-8-14)12(16)18-13(3,4)5/h8H,6-7H2,1-5H3/b11-9-. The molecule has 5 nitrogen and oxygen atoms in total. The van der Waals surface area contributed by atoms with Crippen LogP contribution in [-0.2, 0) is 23.9 Å². The van der Waals surface area contributed by atoms with E-state index in [1.165, 1.54) is 13.8 Å². The summed E-state index contributed by atoms with van der Waals surface area (Å²) in [6.45, 7) is 7.97. The number of carbonyl (C=O) groups is 3.